The molecule has 0 N–H and O–H groups in total. The van der Waals surface area contributed by atoms with Crippen LogP contribution in [0.5, 0.6) is 0 Å². The molecule has 3 heteroatoms. The lowest BCUT2D eigenvalue weighted by molar-refractivity contribution is 0.924. The van der Waals surface area contributed by atoms with Crippen molar-refractivity contribution in [3.63, 3.8) is 0 Å². The van der Waals surface area contributed by atoms with Gasteiger partial charge in [-0.1, -0.05) is 6.08 Å². The van der Waals surface area contributed by atoms with E-state index in [1.807, 2.05) is 11.5 Å². The van der Waals surface area contributed by atoms with Gasteiger partial charge in [0.2, 0.25) is 0 Å². The van der Waals surface area contributed by atoms with Gasteiger partial charge in [0.25, 0.3) is 0 Å². The third kappa shape index (κ3) is 1.34. The van der Waals surface area contributed by atoms with E-state index in [0.29, 0.717) is 5.88 Å². The van der Waals surface area contributed by atoms with Crippen LogP contribution >= 0.6 is 35.0 Å². The summed E-state index contributed by atoms with van der Waals surface area (Å²) < 4.78 is -0.221. The minimum absolute atomic E-state index is 0.221. The van der Waals surface area contributed by atoms with E-state index in [9.17, 15) is 0 Å². The first-order valence-electron chi connectivity index (χ1n) is 2.34. The Kier molecular flexibility index (Phi) is 2.13. The highest BCUT2D eigenvalue weighted by atomic mass is 35.5. The molecule has 8 heavy (non-hydrogen) atoms. The van der Waals surface area contributed by atoms with Gasteiger partial charge in [0.15, 0.2) is 0 Å². The van der Waals surface area contributed by atoms with Crippen LogP contribution in [0.2, 0.25) is 0 Å². The highest BCUT2D eigenvalue weighted by Crippen LogP contribution is 2.40. The second kappa shape index (κ2) is 2.51. The molecule has 0 fully saturated rings. The van der Waals surface area contributed by atoms with Crippen LogP contribution in [0, 0.1) is 0 Å². The molecule has 1 rings (SSSR count). The molecule has 1 aliphatic rings. The van der Waals surface area contributed by atoms with Gasteiger partial charge < -0.3 is 0 Å². The van der Waals surface area contributed by atoms with Gasteiger partial charge in [-0.05, 0) is 11.8 Å². The molecule has 0 saturated carbocycles. The summed E-state index contributed by atoms with van der Waals surface area (Å²) in [5.41, 5.74) is 0. The first-order valence-corrected chi connectivity index (χ1v) is 4.14. The summed E-state index contributed by atoms with van der Waals surface area (Å²) in [5.74, 6) is 0.520. The summed E-state index contributed by atoms with van der Waals surface area (Å²) in [6.45, 7) is 0. The first kappa shape index (κ1) is 6.79. The van der Waals surface area contributed by atoms with Crippen LogP contribution in [0.4, 0.5) is 0 Å². The number of hydrogen-bond donors (Lipinski definition) is 0. The zero-order chi connectivity index (χ0) is 6.04. The topological polar surface area (TPSA) is 0 Å². The van der Waals surface area contributed by atoms with Gasteiger partial charge in [0, 0.05) is 0 Å². The Morgan fingerprint density at radius 3 is 2.75 bits per heavy atom. The maximum absolute atomic E-state index is 5.92. The molecule has 0 aromatic carbocycles. The Hall–Kier alpha value is 0.670. The summed E-state index contributed by atoms with van der Waals surface area (Å²) in [5, 5.41) is 2.00. The number of allylic oxidation sites excluding steroid dienone is 1. The molecule has 1 heterocycles. The molecule has 0 saturated heterocycles. The summed E-state index contributed by atoms with van der Waals surface area (Å²) in [4.78, 5) is 0. The van der Waals surface area contributed by atoms with Crippen molar-refractivity contribution in [1.82, 2.24) is 0 Å². The fourth-order valence-corrected chi connectivity index (χ4v) is 1.76. The van der Waals surface area contributed by atoms with Crippen LogP contribution in [0.3, 0.4) is 0 Å². The van der Waals surface area contributed by atoms with Crippen LogP contribution in [-0.4, -0.2) is 10.1 Å². The van der Waals surface area contributed by atoms with E-state index in [2.05, 4.69) is 0 Å². The molecule has 0 radical (unpaired) electrons. The predicted octanol–water partition coefficient (Wildman–Crippen LogP) is 2.81. The molecule has 0 bridgehead atoms. The van der Waals surface area contributed by atoms with E-state index >= 15 is 0 Å². The third-order valence-corrected chi connectivity index (χ3v) is 3.37. The SMILES string of the molecule is ClCC1(Cl)CC=CS1. The van der Waals surface area contributed by atoms with Gasteiger partial charge in [0.1, 0.15) is 4.21 Å². The van der Waals surface area contributed by atoms with Gasteiger partial charge in [0.05, 0.1) is 5.88 Å². The van der Waals surface area contributed by atoms with Crippen molar-refractivity contribution in [3.8, 4) is 0 Å². The zero-order valence-electron chi connectivity index (χ0n) is 4.23. The Labute approximate surface area is 63.2 Å². The van der Waals surface area contributed by atoms with Crippen LogP contribution in [-0.2, 0) is 0 Å². The molecule has 0 aliphatic carbocycles. The Morgan fingerprint density at radius 1 is 1.75 bits per heavy atom. The van der Waals surface area contributed by atoms with Crippen molar-refractivity contribution in [3.05, 3.63) is 11.5 Å². The first-order chi connectivity index (χ1) is 3.77. The highest BCUT2D eigenvalue weighted by Gasteiger charge is 2.27. The van der Waals surface area contributed by atoms with E-state index in [1.54, 1.807) is 11.8 Å². The van der Waals surface area contributed by atoms with Crippen LogP contribution < -0.4 is 0 Å². The number of thioether (sulfide) groups is 1. The normalized spacial score (nSPS) is 36.2. The monoisotopic (exact) mass is 168 g/mol. The molecule has 0 spiro atoms. The molecule has 0 aromatic rings. The molecule has 0 aromatic heterocycles. The third-order valence-electron chi connectivity index (χ3n) is 0.998. The fraction of sp³-hybridized carbons (Fsp3) is 0.600. The van der Waals surface area contributed by atoms with Gasteiger partial charge in [-0.15, -0.1) is 35.0 Å². The summed E-state index contributed by atoms with van der Waals surface area (Å²) >= 11 is 13.1. The lowest BCUT2D eigenvalue weighted by atomic mass is 10.3. The minimum Gasteiger partial charge on any atom is -0.124 e. The number of halogens is 2. The fourth-order valence-electron chi connectivity index (χ4n) is 0.528. The lowest BCUT2D eigenvalue weighted by Crippen LogP contribution is -2.13. The second-order valence-electron chi connectivity index (χ2n) is 1.71. The van der Waals surface area contributed by atoms with Gasteiger partial charge in [-0.2, -0.15) is 0 Å². The van der Waals surface area contributed by atoms with Crippen molar-refractivity contribution in [2.24, 2.45) is 0 Å². The Bertz CT molecular complexity index is 103. The largest absolute Gasteiger partial charge is 0.124 e. The Morgan fingerprint density at radius 2 is 2.50 bits per heavy atom. The molecular formula is C5H6Cl2S. The molecule has 0 nitrogen and oxygen atoms in total. The molecule has 1 atom stereocenters. The van der Waals surface area contributed by atoms with Gasteiger partial charge in [-0.3, -0.25) is 0 Å². The second-order valence-corrected chi connectivity index (χ2v) is 4.21. The van der Waals surface area contributed by atoms with E-state index in [-0.39, 0.29) is 4.21 Å². The summed E-state index contributed by atoms with van der Waals surface area (Å²) in [6.07, 6.45) is 2.93. The van der Waals surface area contributed by atoms with Crippen molar-refractivity contribution < 1.29 is 0 Å². The van der Waals surface area contributed by atoms with Crippen LogP contribution in [0.1, 0.15) is 6.42 Å². The lowest BCUT2D eigenvalue weighted by Gasteiger charge is -2.14. The summed E-state index contributed by atoms with van der Waals surface area (Å²) in [6, 6.07) is 0. The smallest absolute Gasteiger partial charge is 0.110 e. The van der Waals surface area contributed by atoms with E-state index in [1.165, 1.54) is 0 Å². The standard InChI is InChI=1S/C5H6Cl2S/c6-4-5(7)2-1-3-8-5/h1,3H,2,4H2. The van der Waals surface area contributed by atoms with Crippen molar-refractivity contribution in [1.29, 1.82) is 0 Å². The number of alkyl halides is 2. The molecule has 1 unspecified atom stereocenters. The quantitative estimate of drug-likeness (QED) is 0.544. The maximum Gasteiger partial charge on any atom is 0.110 e. The van der Waals surface area contributed by atoms with Gasteiger partial charge >= 0.3 is 0 Å². The highest BCUT2D eigenvalue weighted by molar-refractivity contribution is 8.05. The molecule has 46 valence electrons. The Balaban J connectivity index is 2.46. The van der Waals surface area contributed by atoms with Gasteiger partial charge in [-0.25, -0.2) is 0 Å². The van der Waals surface area contributed by atoms with E-state index in [0.717, 1.165) is 6.42 Å². The molecule has 1 aliphatic heterocycles. The predicted molar refractivity (Wildman–Crippen MR) is 40.7 cm³/mol. The van der Waals surface area contributed by atoms with Crippen molar-refractivity contribution in [2.45, 2.75) is 10.6 Å². The van der Waals surface area contributed by atoms with Crippen molar-refractivity contribution in [2.75, 3.05) is 5.88 Å². The van der Waals surface area contributed by atoms with Crippen LogP contribution in [0.15, 0.2) is 11.5 Å². The van der Waals surface area contributed by atoms with Crippen LogP contribution in [0.25, 0.3) is 0 Å². The molecule has 0 amide bonds. The number of rotatable bonds is 1. The maximum atomic E-state index is 5.92. The zero-order valence-corrected chi connectivity index (χ0v) is 6.56. The minimum atomic E-state index is -0.221. The van der Waals surface area contributed by atoms with Crippen molar-refractivity contribution >= 4 is 35.0 Å². The average Bonchev–Trinajstić information content (AvgIpc) is 2.17. The van der Waals surface area contributed by atoms with E-state index < -0.39 is 0 Å². The number of hydrogen-bond acceptors (Lipinski definition) is 1. The average molecular weight is 169 g/mol. The summed E-state index contributed by atoms with van der Waals surface area (Å²) in [7, 11) is 0. The molecular weight excluding hydrogens is 163 g/mol. The van der Waals surface area contributed by atoms with E-state index in [4.69, 9.17) is 23.2 Å².